The van der Waals surface area contributed by atoms with Gasteiger partial charge in [-0.1, -0.05) is 6.08 Å². The Morgan fingerprint density at radius 3 is 1.65 bits per heavy atom. The first-order valence-electron chi connectivity index (χ1n) is 4.05. The number of rotatable bonds is 3. The number of halogens is 7. The van der Waals surface area contributed by atoms with E-state index in [9.17, 15) is 35.5 Å². The number of allylic oxidation sites excluding steroid dienone is 1. The van der Waals surface area contributed by atoms with Crippen molar-refractivity contribution in [1.82, 2.24) is 0 Å². The molecule has 9 heteroatoms. The van der Waals surface area contributed by atoms with Gasteiger partial charge < -0.3 is 5.11 Å². The second-order valence-corrected chi connectivity index (χ2v) is 3.19. The number of alkyl halides is 7. The molecule has 0 fully saturated rings. The van der Waals surface area contributed by atoms with Crippen molar-refractivity contribution >= 4 is 5.97 Å². The van der Waals surface area contributed by atoms with Gasteiger partial charge in [-0.3, -0.25) is 0 Å². The van der Waals surface area contributed by atoms with Crippen molar-refractivity contribution in [3.8, 4) is 0 Å². The molecule has 2 nitrogen and oxygen atoms in total. The van der Waals surface area contributed by atoms with Gasteiger partial charge in [-0.15, -0.1) is 0 Å². The molecular formula is C8H7F7O2. The molecule has 1 N–H and O–H groups in total. The van der Waals surface area contributed by atoms with E-state index in [1.54, 1.807) is 0 Å². The van der Waals surface area contributed by atoms with Gasteiger partial charge in [-0.25, -0.2) is 9.18 Å². The fourth-order valence-electron chi connectivity index (χ4n) is 0.773. The Labute approximate surface area is 90.7 Å². The van der Waals surface area contributed by atoms with E-state index in [-0.39, 0.29) is 6.08 Å². The van der Waals surface area contributed by atoms with E-state index in [1.165, 1.54) is 0 Å². The van der Waals surface area contributed by atoms with Crippen molar-refractivity contribution < 1.29 is 40.6 Å². The van der Waals surface area contributed by atoms with Crippen LogP contribution in [0.15, 0.2) is 11.6 Å². The topological polar surface area (TPSA) is 37.3 Å². The molecule has 0 aliphatic heterocycles. The van der Waals surface area contributed by atoms with Gasteiger partial charge in [0.25, 0.3) is 0 Å². The maximum atomic E-state index is 12.9. The van der Waals surface area contributed by atoms with Crippen molar-refractivity contribution in [3.05, 3.63) is 11.6 Å². The Morgan fingerprint density at radius 2 is 1.41 bits per heavy atom. The lowest BCUT2D eigenvalue weighted by molar-refractivity contribution is -0.340. The van der Waals surface area contributed by atoms with Gasteiger partial charge in [-0.05, 0) is 6.92 Å². The van der Waals surface area contributed by atoms with Crippen LogP contribution in [0.3, 0.4) is 0 Å². The zero-order chi connectivity index (χ0) is 14.1. The molecule has 0 heterocycles. The lowest BCUT2D eigenvalue weighted by Gasteiger charge is -2.28. The Balaban J connectivity index is 5.28. The maximum absolute atomic E-state index is 12.9. The van der Waals surface area contributed by atoms with E-state index in [2.05, 4.69) is 0 Å². The summed E-state index contributed by atoms with van der Waals surface area (Å²) >= 11 is 0. The van der Waals surface area contributed by atoms with Crippen LogP contribution in [-0.4, -0.2) is 29.1 Å². The molecular weight excluding hydrogens is 261 g/mol. The van der Waals surface area contributed by atoms with Gasteiger partial charge in [0.1, 0.15) is 0 Å². The van der Waals surface area contributed by atoms with E-state index in [0.717, 1.165) is 6.92 Å². The van der Waals surface area contributed by atoms with Gasteiger partial charge in [0.15, 0.2) is 0 Å². The van der Waals surface area contributed by atoms with E-state index in [1.807, 2.05) is 0 Å². The minimum absolute atomic E-state index is 0.0450. The zero-order valence-electron chi connectivity index (χ0n) is 8.29. The summed E-state index contributed by atoms with van der Waals surface area (Å²) < 4.78 is 84.8. The van der Waals surface area contributed by atoms with Gasteiger partial charge in [0, 0.05) is 12.0 Å². The first-order chi connectivity index (χ1) is 7.33. The normalized spacial score (nSPS) is 14.9. The maximum Gasteiger partial charge on any atom is 0.431 e. The summed E-state index contributed by atoms with van der Waals surface area (Å²) in [4.78, 5) is 10.2. The molecule has 0 saturated carbocycles. The third-order valence-electron chi connectivity index (χ3n) is 1.93. The quantitative estimate of drug-likeness (QED) is 0.630. The molecule has 0 bridgehead atoms. The van der Waals surface area contributed by atoms with Crippen LogP contribution in [0.5, 0.6) is 0 Å². The van der Waals surface area contributed by atoms with Gasteiger partial charge in [0.05, 0.1) is 0 Å². The summed E-state index contributed by atoms with van der Waals surface area (Å²) in [6, 6.07) is 0. The molecule has 0 saturated heterocycles. The molecule has 17 heavy (non-hydrogen) atoms. The van der Waals surface area contributed by atoms with Crippen LogP contribution in [-0.2, 0) is 4.79 Å². The predicted octanol–water partition coefficient (Wildman–Crippen LogP) is 3.24. The molecule has 0 aliphatic rings. The fraction of sp³-hybridized carbons (Fsp3) is 0.625. The summed E-state index contributed by atoms with van der Waals surface area (Å²) in [5.41, 5.74) is -6.25. The van der Waals surface area contributed by atoms with Crippen LogP contribution >= 0.6 is 0 Å². The van der Waals surface area contributed by atoms with Crippen LogP contribution in [0.1, 0.15) is 13.3 Å². The minimum Gasteiger partial charge on any atom is -0.478 e. The number of carboxylic acids is 1. The van der Waals surface area contributed by atoms with Gasteiger partial charge in [0.2, 0.25) is 0 Å². The van der Waals surface area contributed by atoms with Crippen LogP contribution in [0.25, 0.3) is 0 Å². The summed E-state index contributed by atoms with van der Waals surface area (Å²) in [6.45, 7) is 0.759. The Morgan fingerprint density at radius 1 is 1.06 bits per heavy atom. The molecule has 0 aromatic carbocycles. The largest absolute Gasteiger partial charge is 0.478 e. The molecule has 0 unspecified atom stereocenters. The number of carbonyl (C=O) groups is 1. The molecule has 0 amide bonds. The van der Waals surface area contributed by atoms with E-state index in [4.69, 9.17) is 5.11 Å². The summed E-state index contributed by atoms with van der Waals surface area (Å²) in [5.74, 6) is -1.73. The molecule has 0 aliphatic carbocycles. The van der Waals surface area contributed by atoms with Crippen LogP contribution < -0.4 is 0 Å². The second-order valence-electron chi connectivity index (χ2n) is 3.19. The van der Waals surface area contributed by atoms with Gasteiger partial charge in [-0.2, -0.15) is 26.3 Å². The van der Waals surface area contributed by atoms with Crippen molar-refractivity contribution in [1.29, 1.82) is 0 Å². The van der Waals surface area contributed by atoms with Crippen molar-refractivity contribution in [3.63, 3.8) is 0 Å². The predicted molar refractivity (Wildman–Crippen MR) is 42.0 cm³/mol. The molecule has 0 rings (SSSR count). The monoisotopic (exact) mass is 268 g/mol. The van der Waals surface area contributed by atoms with E-state index >= 15 is 0 Å². The molecule has 0 spiro atoms. The molecule has 0 radical (unpaired) electrons. The minimum atomic E-state index is -6.17. The number of hydrogen-bond donors (Lipinski definition) is 1. The Kier molecular flexibility index (Phi) is 4.19. The highest BCUT2D eigenvalue weighted by Gasteiger charge is 2.71. The summed E-state index contributed by atoms with van der Waals surface area (Å²) in [6.07, 6.45) is -14.4. The lowest BCUT2D eigenvalue weighted by atomic mass is 9.99. The standard InChI is InChI=1S/C8H7F7O2/c1-4(5(16)17)2-3-6(9,7(10,11)12)8(13,14)15/h2H,3H2,1H3,(H,16,17)/b4-2+. The Bertz CT molecular complexity index is 312. The first kappa shape index (κ1) is 15.7. The first-order valence-corrected chi connectivity index (χ1v) is 4.05. The van der Waals surface area contributed by atoms with Crippen LogP contribution in [0.2, 0.25) is 0 Å². The van der Waals surface area contributed by atoms with Crippen molar-refractivity contribution in [2.45, 2.75) is 31.4 Å². The fourth-order valence-corrected chi connectivity index (χ4v) is 0.773. The highest BCUT2D eigenvalue weighted by Crippen LogP contribution is 2.48. The molecule has 0 aromatic heterocycles. The summed E-state index contributed by atoms with van der Waals surface area (Å²) in [7, 11) is 0. The zero-order valence-corrected chi connectivity index (χ0v) is 8.29. The number of carboxylic acid groups (broad SMARTS) is 1. The summed E-state index contributed by atoms with van der Waals surface area (Å²) in [5, 5.41) is 8.23. The lowest BCUT2D eigenvalue weighted by Crippen LogP contribution is -2.52. The number of hydrogen-bond acceptors (Lipinski definition) is 1. The third kappa shape index (κ3) is 3.34. The van der Waals surface area contributed by atoms with E-state index in [0.29, 0.717) is 0 Å². The van der Waals surface area contributed by atoms with Gasteiger partial charge >= 0.3 is 24.0 Å². The highest BCUT2D eigenvalue weighted by atomic mass is 19.4. The van der Waals surface area contributed by atoms with Crippen LogP contribution in [0.4, 0.5) is 30.7 Å². The smallest absolute Gasteiger partial charge is 0.431 e. The highest BCUT2D eigenvalue weighted by molar-refractivity contribution is 5.85. The van der Waals surface area contributed by atoms with Crippen molar-refractivity contribution in [2.24, 2.45) is 0 Å². The SMILES string of the molecule is C/C(=C\CC(F)(C(F)(F)F)C(F)(F)F)C(=O)O. The second kappa shape index (κ2) is 4.53. The van der Waals surface area contributed by atoms with Crippen molar-refractivity contribution in [2.75, 3.05) is 0 Å². The molecule has 0 aromatic rings. The average Bonchev–Trinajstić information content (AvgIpc) is 2.09. The molecule has 100 valence electrons. The third-order valence-corrected chi connectivity index (χ3v) is 1.93. The number of aliphatic carboxylic acids is 1. The van der Waals surface area contributed by atoms with E-state index < -0.39 is 36.0 Å². The average molecular weight is 268 g/mol. The van der Waals surface area contributed by atoms with Crippen LogP contribution in [0, 0.1) is 0 Å². The molecule has 0 atom stereocenters. The Hall–Kier alpha value is -1.28.